The van der Waals surface area contributed by atoms with Gasteiger partial charge in [0.05, 0.1) is 6.07 Å². The Labute approximate surface area is 123 Å². The van der Waals surface area contributed by atoms with Crippen LogP contribution in [-0.2, 0) is 0 Å². The summed E-state index contributed by atoms with van der Waals surface area (Å²) in [6.07, 6.45) is 17.1. The lowest BCUT2D eigenvalue weighted by Gasteiger charge is -2.13. The van der Waals surface area contributed by atoms with E-state index in [1.165, 1.54) is 51.4 Å². The van der Waals surface area contributed by atoms with Crippen LogP contribution in [0.1, 0.15) is 89.3 Å². The van der Waals surface area contributed by atoms with Crippen molar-refractivity contribution in [2.75, 3.05) is 0 Å². The highest BCUT2D eigenvalue weighted by Crippen LogP contribution is 2.25. The predicted molar refractivity (Wildman–Crippen MR) is 83.4 cm³/mol. The quantitative estimate of drug-likeness (QED) is 0.524. The molecule has 0 saturated heterocycles. The average Bonchev–Trinajstić information content (AvgIpc) is 2.98. The number of nitrogens with zero attached hydrogens (tertiary/aromatic N) is 2. The van der Waals surface area contributed by atoms with E-state index in [1.54, 1.807) is 0 Å². The highest BCUT2D eigenvalue weighted by atomic mass is 14.9. The lowest BCUT2D eigenvalue weighted by atomic mass is 9.94. The zero-order chi connectivity index (χ0) is 14.5. The van der Waals surface area contributed by atoms with Gasteiger partial charge in [0.2, 0.25) is 0 Å². The molecule has 0 aliphatic rings. The highest BCUT2D eigenvalue weighted by molar-refractivity contribution is 4.96. The maximum atomic E-state index is 8.65. The fourth-order valence-corrected chi connectivity index (χ4v) is 2.69. The van der Waals surface area contributed by atoms with Crippen LogP contribution in [-0.4, -0.2) is 9.97 Å². The van der Waals surface area contributed by atoms with Crippen LogP contribution in [0.15, 0.2) is 12.4 Å². The molecule has 1 aromatic rings. The number of hydrogen-bond donors (Lipinski definition) is 1. The van der Waals surface area contributed by atoms with Crippen molar-refractivity contribution in [1.82, 2.24) is 9.97 Å². The van der Waals surface area contributed by atoms with E-state index in [0.717, 1.165) is 18.7 Å². The highest BCUT2D eigenvalue weighted by Gasteiger charge is 2.13. The summed E-state index contributed by atoms with van der Waals surface area (Å²) in [5.74, 6) is 1.61. The van der Waals surface area contributed by atoms with Gasteiger partial charge in [-0.2, -0.15) is 5.26 Å². The van der Waals surface area contributed by atoms with Gasteiger partial charge in [-0.15, -0.1) is 0 Å². The number of imidazole rings is 1. The zero-order valence-corrected chi connectivity index (χ0v) is 12.9. The van der Waals surface area contributed by atoms with E-state index in [2.05, 4.69) is 23.0 Å². The topological polar surface area (TPSA) is 52.5 Å². The fourth-order valence-electron chi connectivity index (χ4n) is 2.69. The van der Waals surface area contributed by atoms with Gasteiger partial charge in [0.1, 0.15) is 5.82 Å². The molecule has 20 heavy (non-hydrogen) atoms. The summed E-state index contributed by atoms with van der Waals surface area (Å²) in [4.78, 5) is 7.64. The second kappa shape index (κ2) is 11.5. The molecule has 3 heteroatoms. The molecule has 0 fully saturated rings. The largest absolute Gasteiger partial charge is 0.348 e. The van der Waals surface area contributed by atoms with Gasteiger partial charge in [-0.3, -0.25) is 0 Å². The molecular weight excluding hydrogens is 246 g/mol. The van der Waals surface area contributed by atoms with Crippen LogP contribution in [0.2, 0.25) is 0 Å². The minimum Gasteiger partial charge on any atom is -0.348 e. The van der Waals surface area contributed by atoms with Gasteiger partial charge >= 0.3 is 0 Å². The molecule has 0 amide bonds. The zero-order valence-electron chi connectivity index (χ0n) is 12.9. The van der Waals surface area contributed by atoms with Gasteiger partial charge in [-0.1, -0.05) is 51.9 Å². The number of unbranched alkanes of at least 4 members (excludes halogenated alkanes) is 7. The van der Waals surface area contributed by atoms with Gasteiger partial charge in [-0.05, 0) is 19.3 Å². The van der Waals surface area contributed by atoms with Crippen molar-refractivity contribution in [2.45, 2.75) is 83.5 Å². The third-order valence-electron chi connectivity index (χ3n) is 3.90. The number of hydrogen-bond acceptors (Lipinski definition) is 2. The predicted octanol–water partition coefficient (Wildman–Crippen LogP) is 5.33. The Morgan fingerprint density at radius 3 is 2.45 bits per heavy atom. The molecule has 3 nitrogen and oxygen atoms in total. The molecule has 112 valence electrons. The second-order valence-corrected chi connectivity index (χ2v) is 5.63. The number of aromatic amines is 1. The van der Waals surface area contributed by atoms with Crippen molar-refractivity contribution in [3.8, 4) is 6.07 Å². The first-order valence-electron chi connectivity index (χ1n) is 8.24. The maximum Gasteiger partial charge on any atom is 0.109 e. The Kier molecular flexibility index (Phi) is 9.65. The summed E-state index contributed by atoms with van der Waals surface area (Å²) in [5, 5.41) is 8.65. The van der Waals surface area contributed by atoms with Crippen LogP contribution in [0, 0.1) is 11.3 Å². The van der Waals surface area contributed by atoms with E-state index in [1.807, 2.05) is 12.4 Å². The van der Waals surface area contributed by atoms with E-state index in [9.17, 15) is 0 Å². The first-order chi connectivity index (χ1) is 9.88. The molecule has 1 N–H and O–H groups in total. The third kappa shape index (κ3) is 7.33. The van der Waals surface area contributed by atoms with Gasteiger partial charge in [-0.25, -0.2) is 4.98 Å². The van der Waals surface area contributed by atoms with Crippen molar-refractivity contribution >= 4 is 0 Å². The van der Waals surface area contributed by atoms with Crippen molar-refractivity contribution < 1.29 is 0 Å². The fraction of sp³-hybridized carbons (Fsp3) is 0.765. The molecule has 0 spiro atoms. The number of nitriles is 1. The molecule has 0 radical (unpaired) electrons. The van der Waals surface area contributed by atoms with E-state index in [0.29, 0.717) is 12.3 Å². The number of H-pyrrole nitrogens is 1. The Hall–Kier alpha value is -1.30. The average molecular weight is 275 g/mol. The smallest absolute Gasteiger partial charge is 0.109 e. The maximum absolute atomic E-state index is 8.65. The first-order valence-corrected chi connectivity index (χ1v) is 8.24. The number of aromatic nitrogens is 2. The normalized spacial score (nSPS) is 12.2. The van der Waals surface area contributed by atoms with Crippen LogP contribution in [0.25, 0.3) is 0 Å². The molecule has 1 unspecified atom stereocenters. The summed E-state index contributed by atoms with van der Waals surface area (Å²) in [7, 11) is 0. The summed E-state index contributed by atoms with van der Waals surface area (Å²) >= 11 is 0. The van der Waals surface area contributed by atoms with Crippen LogP contribution in [0.4, 0.5) is 0 Å². The Morgan fingerprint density at radius 1 is 1.10 bits per heavy atom. The SMILES string of the molecule is CCCCCCCCCC(CCCC#N)c1ncc[nH]1. The van der Waals surface area contributed by atoms with E-state index >= 15 is 0 Å². The minimum absolute atomic E-state index is 0.508. The monoisotopic (exact) mass is 275 g/mol. The standard InChI is InChI=1S/C17H29N3/c1-2-3-4-5-6-7-8-11-16(12-9-10-13-18)17-19-14-15-20-17/h14-16H,2-12H2,1H3,(H,19,20). The van der Waals surface area contributed by atoms with E-state index in [-0.39, 0.29) is 0 Å². The summed E-state index contributed by atoms with van der Waals surface area (Å²) in [5.41, 5.74) is 0. The summed E-state index contributed by atoms with van der Waals surface area (Å²) < 4.78 is 0. The molecule has 1 heterocycles. The van der Waals surface area contributed by atoms with Crippen LogP contribution in [0.3, 0.4) is 0 Å². The molecule has 0 aliphatic heterocycles. The Balaban J connectivity index is 2.18. The summed E-state index contributed by atoms with van der Waals surface area (Å²) in [6, 6.07) is 2.23. The van der Waals surface area contributed by atoms with Crippen LogP contribution < -0.4 is 0 Å². The Morgan fingerprint density at radius 2 is 1.80 bits per heavy atom. The lowest BCUT2D eigenvalue weighted by Crippen LogP contribution is -2.02. The molecule has 0 bridgehead atoms. The lowest BCUT2D eigenvalue weighted by molar-refractivity contribution is 0.490. The molecule has 1 aromatic heterocycles. The molecular formula is C17H29N3. The van der Waals surface area contributed by atoms with E-state index in [4.69, 9.17) is 5.26 Å². The first kappa shape index (κ1) is 16.8. The van der Waals surface area contributed by atoms with Crippen molar-refractivity contribution in [1.29, 1.82) is 5.26 Å². The number of nitrogens with one attached hydrogen (secondary N) is 1. The summed E-state index contributed by atoms with van der Waals surface area (Å²) in [6.45, 7) is 2.26. The minimum atomic E-state index is 0.508. The molecule has 0 aromatic carbocycles. The third-order valence-corrected chi connectivity index (χ3v) is 3.90. The van der Waals surface area contributed by atoms with Crippen LogP contribution >= 0.6 is 0 Å². The van der Waals surface area contributed by atoms with E-state index < -0.39 is 0 Å². The number of rotatable bonds is 12. The van der Waals surface area contributed by atoms with Crippen LogP contribution in [0.5, 0.6) is 0 Å². The van der Waals surface area contributed by atoms with Crippen molar-refractivity contribution in [2.24, 2.45) is 0 Å². The van der Waals surface area contributed by atoms with Crippen molar-refractivity contribution in [3.05, 3.63) is 18.2 Å². The van der Waals surface area contributed by atoms with Gasteiger partial charge < -0.3 is 4.98 Å². The van der Waals surface area contributed by atoms with Gasteiger partial charge in [0.15, 0.2) is 0 Å². The molecule has 0 saturated carbocycles. The van der Waals surface area contributed by atoms with Gasteiger partial charge in [0, 0.05) is 24.7 Å². The van der Waals surface area contributed by atoms with Gasteiger partial charge in [0.25, 0.3) is 0 Å². The van der Waals surface area contributed by atoms with Crippen molar-refractivity contribution in [3.63, 3.8) is 0 Å². The molecule has 0 aliphatic carbocycles. The molecule has 1 atom stereocenters. The Bertz CT molecular complexity index is 351. The second-order valence-electron chi connectivity index (χ2n) is 5.63. The molecule has 1 rings (SSSR count).